The number of nitrogens with zero attached hydrogens (tertiary/aromatic N) is 1. The SMILES string of the molecule is O=C(C[C@H]1C(=O)NCCN1Cc1ccc2ccccc2c1)NCC1(O)CCCCC1. The number of rotatable bonds is 6. The minimum atomic E-state index is -0.798. The molecule has 0 bridgehead atoms. The maximum absolute atomic E-state index is 12.6. The summed E-state index contributed by atoms with van der Waals surface area (Å²) in [6.45, 7) is 2.19. The third-order valence-electron chi connectivity index (χ3n) is 6.42. The van der Waals surface area contributed by atoms with Gasteiger partial charge in [0, 0.05) is 26.2 Å². The summed E-state index contributed by atoms with van der Waals surface area (Å²) in [5.41, 5.74) is 0.332. The lowest BCUT2D eigenvalue weighted by Crippen LogP contribution is -2.56. The summed E-state index contributed by atoms with van der Waals surface area (Å²) in [6, 6.07) is 14.1. The number of aliphatic hydroxyl groups is 1. The Morgan fingerprint density at radius 2 is 1.90 bits per heavy atom. The molecule has 1 saturated carbocycles. The van der Waals surface area contributed by atoms with E-state index in [0.717, 1.165) is 37.7 Å². The van der Waals surface area contributed by atoms with E-state index in [4.69, 9.17) is 0 Å². The van der Waals surface area contributed by atoms with Crippen LogP contribution in [0.4, 0.5) is 0 Å². The monoisotopic (exact) mass is 409 g/mol. The number of benzene rings is 2. The molecule has 1 heterocycles. The van der Waals surface area contributed by atoms with E-state index in [1.807, 2.05) is 12.1 Å². The quantitative estimate of drug-likeness (QED) is 0.684. The maximum Gasteiger partial charge on any atom is 0.237 e. The molecule has 2 fully saturated rings. The lowest BCUT2D eigenvalue weighted by Gasteiger charge is -2.35. The van der Waals surface area contributed by atoms with Crippen molar-refractivity contribution in [3.05, 3.63) is 48.0 Å². The Morgan fingerprint density at radius 1 is 1.13 bits per heavy atom. The first kappa shape index (κ1) is 20.8. The van der Waals surface area contributed by atoms with E-state index in [0.29, 0.717) is 19.6 Å². The zero-order valence-corrected chi connectivity index (χ0v) is 17.4. The predicted molar refractivity (Wildman–Crippen MR) is 117 cm³/mol. The summed E-state index contributed by atoms with van der Waals surface area (Å²) < 4.78 is 0. The normalized spacial score (nSPS) is 21.9. The van der Waals surface area contributed by atoms with Crippen molar-refractivity contribution in [1.82, 2.24) is 15.5 Å². The van der Waals surface area contributed by atoms with Gasteiger partial charge in [0.05, 0.1) is 18.1 Å². The smallest absolute Gasteiger partial charge is 0.237 e. The van der Waals surface area contributed by atoms with Gasteiger partial charge < -0.3 is 15.7 Å². The summed E-state index contributed by atoms with van der Waals surface area (Å²) in [7, 11) is 0. The van der Waals surface area contributed by atoms with Crippen LogP contribution in [0, 0.1) is 0 Å². The second kappa shape index (κ2) is 9.14. The Labute approximate surface area is 177 Å². The molecule has 3 N–H and O–H groups in total. The summed E-state index contributed by atoms with van der Waals surface area (Å²) in [5.74, 6) is -0.284. The van der Waals surface area contributed by atoms with Crippen LogP contribution in [0.15, 0.2) is 42.5 Å². The van der Waals surface area contributed by atoms with Crippen molar-refractivity contribution < 1.29 is 14.7 Å². The van der Waals surface area contributed by atoms with Gasteiger partial charge in [-0.15, -0.1) is 0 Å². The second-order valence-electron chi connectivity index (χ2n) is 8.72. The predicted octanol–water partition coefficient (Wildman–Crippen LogP) is 2.34. The van der Waals surface area contributed by atoms with Crippen LogP contribution in [0.1, 0.15) is 44.1 Å². The highest BCUT2D eigenvalue weighted by Crippen LogP contribution is 2.27. The molecule has 2 aliphatic rings. The van der Waals surface area contributed by atoms with Gasteiger partial charge >= 0.3 is 0 Å². The van der Waals surface area contributed by atoms with E-state index in [2.05, 4.69) is 45.9 Å². The fourth-order valence-corrected chi connectivity index (χ4v) is 4.64. The van der Waals surface area contributed by atoms with E-state index < -0.39 is 11.6 Å². The van der Waals surface area contributed by atoms with Crippen molar-refractivity contribution >= 4 is 22.6 Å². The van der Waals surface area contributed by atoms with Gasteiger partial charge in [0.25, 0.3) is 0 Å². The fraction of sp³-hybridized carbons (Fsp3) is 0.500. The van der Waals surface area contributed by atoms with Gasteiger partial charge in [0.15, 0.2) is 0 Å². The van der Waals surface area contributed by atoms with E-state index in [1.54, 1.807) is 0 Å². The molecule has 6 nitrogen and oxygen atoms in total. The van der Waals surface area contributed by atoms with Crippen LogP contribution >= 0.6 is 0 Å². The van der Waals surface area contributed by atoms with Crippen molar-refractivity contribution in [2.24, 2.45) is 0 Å². The first-order chi connectivity index (χ1) is 14.5. The van der Waals surface area contributed by atoms with Crippen LogP contribution in [0.25, 0.3) is 10.8 Å². The molecular formula is C24H31N3O3. The molecule has 30 heavy (non-hydrogen) atoms. The standard InChI is InChI=1S/C24H31N3O3/c28-22(26-17-24(30)10-4-1-5-11-24)15-21-23(29)25-12-13-27(21)16-18-8-9-19-6-2-3-7-20(19)14-18/h2-3,6-9,14,21,30H,1,4-5,10-13,15-17H2,(H,25,29)(H,26,28)/t21-/m0/s1. The van der Waals surface area contributed by atoms with E-state index >= 15 is 0 Å². The van der Waals surface area contributed by atoms with Crippen LogP contribution in [-0.4, -0.2) is 53.1 Å². The van der Waals surface area contributed by atoms with E-state index in [-0.39, 0.29) is 24.8 Å². The number of amides is 2. The molecule has 0 spiro atoms. The van der Waals surface area contributed by atoms with Gasteiger partial charge in [-0.1, -0.05) is 55.7 Å². The average molecular weight is 410 g/mol. The van der Waals surface area contributed by atoms with E-state index in [9.17, 15) is 14.7 Å². The lowest BCUT2D eigenvalue weighted by molar-refractivity contribution is -0.134. The molecular weight excluding hydrogens is 378 g/mol. The van der Waals surface area contributed by atoms with Crippen LogP contribution < -0.4 is 10.6 Å². The maximum atomic E-state index is 12.6. The molecule has 6 heteroatoms. The molecule has 2 aromatic rings. The Morgan fingerprint density at radius 3 is 2.70 bits per heavy atom. The summed E-state index contributed by atoms with van der Waals surface area (Å²) >= 11 is 0. The minimum Gasteiger partial charge on any atom is -0.388 e. The number of carbonyl (C=O) groups excluding carboxylic acids is 2. The van der Waals surface area contributed by atoms with Crippen LogP contribution in [0.5, 0.6) is 0 Å². The van der Waals surface area contributed by atoms with Gasteiger partial charge in [0.2, 0.25) is 11.8 Å². The van der Waals surface area contributed by atoms with Crippen molar-refractivity contribution in [3.8, 4) is 0 Å². The Bertz CT molecular complexity index is 907. The topological polar surface area (TPSA) is 81.7 Å². The minimum absolute atomic E-state index is 0.103. The first-order valence-corrected chi connectivity index (χ1v) is 11.0. The van der Waals surface area contributed by atoms with Crippen molar-refractivity contribution in [2.45, 2.75) is 56.7 Å². The number of piperazine rings is 1. The van der Waals surface area contributed by atoms with Gasteiger partial charge in [-0.05, 0) is 35.2 Å². The highest BCUT2D eigenvalue weighted by Gasteiger charge is 2.33. The zero-order chi connectivity index (χ0) is 21.0. The highest BCUT2D eigenvalue weighted by atomic mass is 16.3. The molecule has 1 saturated heterocycles. The lowest BCUT2D eigenvalue weighted by atomic mass is 9.85. The second-order valence-corrected chi connectivity index (χ2v) is 8.72. The van der Waals surface area contributed by atoms with Crippen LogP contribution in [0.2, 0.25) is 0 Å². The van der Waals surface area contributed by atoms with Crippen molar-refractivity contribution in [2.75, 3.05) is 19.6 Å². The summed E-state index contributed by atoms with van der Waals surface area (Å²) in [5, 5.41) is 18.7. The molecule has 160 valence electrons. The Hall–Kier alpha value is -2.44. The average Bonchev–Trinajstić information content (AvgIpc) is 2.75. The highest BCUT2D eigenvalue weighted by molar-refractivity contribution is 5.89. The number of carbonyl (C=O) groups is 2. The molecule has 1 atom stereocenters. The van der Waals surface area contributed by atoms with E-state index in [1.165, 1.54) is 10.8 Å². The van der Waals surface area contributed by atoms with Gasteiger partial charge in [0.1, 0.15) is 0 Å². The summed E-state index contributed by atoms with van der Waals surface area (Å²) in [4.78, 5) is 27.2. The molecule has 2 aromatic carbocycles. The molecule has 0 radical (unpaired) electrons. The third-order valence-corrected chi connectivity index (χ3v) is 6.42. The molecule has 2 amide bonds. The molecule has 0 unspecified atom stereocenters. The molecule has 1 aliphatic heterocycles. The Kier molecular flexibility index (Phi) is 6.35. The largest absolute Gasteiger partial charge is 0.388 e. The van der Waals surface area contributed by atoms with Crippen molar-refractivity contribution in [3.63, 3.8) is 0 Å². The molecule has 4 rings (SSSR count). The molecule has 1 aliphatic carbocycles. The zero-order valence-electron chi connectivity index (χ0n) is 17.4. The third kappa shape index (κ3) is 4.99. The van der Waals surface area contributed by atoms with Gasteiger partial charge in [-0.2, -0.15) is 0 Å². The Balaban J connectivity index is 1.39. The van der Waals surface area contributed by atoms with Gasteiger partial charge in [-0.25, -0.2) is 0 Å². The number of nitrogens with one attached hydrogen (secondary N) is 2. The van der Waals surface area contributed by atoms with Crippen LogP contribution in [-0.2, 0) is 16.1 Å². The number of hydrogen-bond donors (Lipinski definition) is 3. The summed E-state index contributed by atoms with van der Waals surface area (Å²) in [6.07, 6.45) is 4.70. The first-order valence-electron chi connectivity index (χ1n) is 11.0. The fourth-order valence-electron chi connectivity index (χ4n) is 4.64. The number of hydrogen-bond acceptors (Lipinski definition) is 4. The van der Waals surface area contributed by atoms with Crippen LogP contribution in [0.3, 0.4) is 0 Å². The number of fused-ring (bicyclic) bond motifs is 1. The molecule has 0 aromatic heterocycles. The van der Waals surface area contributed by atoms with Crippen molar-refractivity contribution in [1.29, 1.82) is 0 Å². The van der Waals surface area contributed by atoms with Gasteiger partial charge in [-0.3, -0.25) is 14.5 Å².